The van der Waals surface area contributed by atoms with Crippen LogP contribution in [0.5, 0.6) is 0 Å². The fraction of sp³-hybridized carbons (Fsp3) is 0. The fourth-order valence-corrected chi connectivity index (χ4v) is 5.69. The Morgan fingerprint density at radius 2 is 0.933 bits per heavy atom. The lowest BCUT2D eigenvalue weighted by Gasteiger charge is -2.15. The number of hydrogen-bond donors (Lipinski definition) is 0. The molecule has 0 aliphatic heterocycles. The third-order valence-electron chi connectivity index (χ3n) is 7.49. The number of para-hydroxylation sites is 5. The van der Waals surface area contributed by atoms with E-state index >= 15 is 0 Å². The van der Waals surface area contributed by atoms with Crippen LogP contribution in [0.15, 0.2) is 162 Å². The van der Waals surface area contributed by atoms with Crippen LogP contribution in [0.2, 0.25) is 0 Å². The second kappa shape index (κ2) is 9.22. The summed E-state index contributed by atoms with van der Waals surface area (Å²) in [6.07, 6.45) is 0. The second-order valence-corrected chi connectivity index (χ2v) is 9.77. The lowest BCUT2D eigenvalue weighted by molar-refractivity contribution is 0.669. The summed E-state index contributed by atoms with van der Waals surface area (Å²) in [5.41, 5.74) is -6.78. The minimum atomic E-state index is -1.04. The predicted octanol–water partition coefficient (Wildman–Crippen LogP) is 11.4. The molecule has 3 heteroatoms. The summed E-state index contributed by atoms with van der Waals surface area (Å²) in [7, 11) is 0. The Bertz CT molecular complexity index is 4170. The monoisotopic (exact) mass is 600 g/mol. The zero-order chi connectivity index (χ0) is 52.1. The summed E-state index contributed by atoms with van der Waals surface area (Å²) in [6, 6.07) is -23.0. The summed E-state index contributed by atoms with van der Waals surface area (Å²) >= 11 is 0. The molecular weight excluding hydrogens is 548 g/mol. The molecule has 3 heterocycles. The minimum Gasteiger partial charge on any atom is -0.456 e. The molecule has 0 bridgehead atoms. The first-order valence-electron chi connectivity index (χ1n) is 26.2. The molecule has 7 aromatic carbocycles. The Kier molecular flexibility index (Phi) is 2.10. The Labute approximate surface area is 295 Å². The lowest BCUT2D eigenvalue weighted by Crippen LogP contribution is -1.98. The van der Waals surface area contributed by atoms with Gasteiger partial charge >= 0.3 is 0 Å². The average molecular weight is 601 g/mol. The Morgan fingerprint density at radius 1 is 0.400 bits per heavy atom. The fourth-order valence-electron chi connectivity index (χ4n) is 5.69. The molecule has 0 spiro atoms. The van der Waals surface area contributed by atoms with Gasteiger partial charge in [0.05, 0.1) is 63.4 Å². The molecule has 10 aromatic rings. The van der Waals surface area contributed by atoms with Gasteiger partial charge in [-0.2, -0.15) is 0 Å². The minimum absolute atomic E-state index is 0.459. The second-order valence-electron chi connectivity index (χ2n) is 9.77. The van der Waals surface area contributed by atoms with Crippen molar-refractivity contribution in [1.82, 2.24) is 9.13 Å². The van der Waals surface area contributed by atoms with Crippen LogP contribution >= 0.6 is 0 Å². The van der Waals surface area contributed by atoms with Gasteiger partial charge in [-0.25, -0.2) is 0 Å². The molecule has 0 atom stereocenters. The van der Waals surface area contributed by atoms with Crippen molar-refractivity contribution < 1.29 is 40.1 Å². The Balaban J connectivity index is 1.51. The van der Waals surface area contributed by atoms with Crippen LogP contribution in [0.1, 0.15) is 35.6 Å². The van der Waals surface area contributed by atoms with Crippen LogP contribution < -0.4 is 0 Å². The van der Waals surface area contributed by atoms with Gasteiger partial charge in [-0.15, -0.1) is 0 Å². The molecule has 3 nitrogen and oxygen atoms in total. The van der Waals surface area contributed by atoms with Gasteiger partial charge in [0.2, 0.25) is 0 Å². The van der Waals surface area contributed by atoms with Crippen molar-refractivity contribution in [3.8, 4) is 22.5 Å². The van der Waals surface area contributed by atoms with Crippen molar-refractivity contribution in [1.29, 1.82) is 0 Å². The molecule has 0 N–H and O–H groups in total. The van der Waals surface area contributed by atoms with Crippen LogP contribution in [-0.2, 0) is 0 Å². The Morgan fingerprint density at radius 3 is 1.69 bits per heavy atom. The largest absolute Gasteiger partial charge is 0.456 e. The number of rotatable bonds is 3. The van der Waals surface area contributed by atoms with E-state index in [0.29, 0.717) is 0 Å². The van der Waals surface area contributed by atoms with E-state index in [2.05, 4.69) is 0 Å². The first-order valence-corrected chi connectivity index (χ1v) is 13.2. The average Bonchev–Trinajstić information content (AvgIpc) is 4.03. The summed E-state index contributed by atoms with van der Waals surface area (Å²) in [5.74, 6) is 0. The summed E-state index contributed by atoms with van der Waals surface area (Å²) < 4.78 is 240. The quantitative estimate of drug-likeness (QED) is 0.198. The van der Waals surface area contributed by atoms with Crippen molar-refractivity contribution in [3.63, 3.8) is 0 Å². The normalized spacial score (nSPS) is 20.1. The van der Waals surface area contributed by atoms with Crippen molar-refractivity contribution in [2.45, 2.75) is 0 Å². The highest BCUT2D eigenvalue weighted by atomic mass is 16.3. The molecule has 3 aromatic heterocycles. The first-order chi connectivity index (χ1) is 33.2. The first kappa shape index (κ1) is 10.3. The summed E-state index contributed by atoms with van der Waals surface area (Å²) in [5, 5.41) is -3.14. The zero-order valence-corrected chi connectivity index (χ0v) is 22.3. The number of benzene rings is 7. The molecule has 0 saturated carbocycles. The SMILES string of the molecule is [2H]c1c([2H])c([2H])c(-n2c3c([2H])c([2H])c([2H])c([2H])c3c3c([2H])c(-n4c5c([2H])c([2H])c([2H])c([2H])c5c5c([2H])c([2H])c([2H])c([2H])c54)c([2H])c([2H])c32)c(-c2c([2H])c([2H])c([2H])c3oc4c([2H])c([2H])c([2H])c([2H])c4c23)c1[2H]. The molecule has 45 heavy (non-hydrogen) atoms. The highest BCUT2D eigenvalue weighted by Gasteiger charge is 2.20. The van der Waals surface area contributed by atoms with E-state index in [1.54, 1.807) is 0 Å². The van der Waals surface area contributed by atoms with Gasteiger partial charge in [-0.3, -0.25) is 0 Å². The van der Waals surface area contributed by atoms with E-state index in [1.807, 2.05) is 0 Å². The number of furan rings is 1. The van der Waals surface area contributed by atoms with Crippen LogP contribution in [0.3, 0.4) is 0 Å². The molecule has 0 amide bonds. The Hall–Kier alpha value is -6.06. The lowest BCUT2D eigenvalue weighted by atomic mass is 9.98. The maximum atomic E-state index is 9.94. The predicted molar refractivity (Wildman–Crippen MR) is 188 cm³/mol. The summed E-state index contributed by atoms with van der Waals surface area (Å²) in [6.45, 7) is 0. The number of fused-ring (bicyclic) bond motifs is 9. The molecule has 0 aliphatic carbocycles. The molecule has 0 saturated heterocycles. The van der Waals surface area contributed by atoms with Gasteiger partial charge in [-0.1, -0.05) is 103 Å². The smallest absolute Gasteiger partial charge is 0.136 e. The number of nitrogens with zero attached hydrogens (tertiary/aromatic N) is 2. The molecule has 0 aliphatic rings. The molecule has 210 valence electrons. The van der Waals surface area contributed by atoms with Crippen LogP contribution in [-0.4, -0.2) is 9.13 Å². The van der Waals surface area contributed by atoms with Gasteiger partial charge in [0.1, 0.15) is 11.2 Å². The van der Waals surface area contributed by atoms with Gasteiger partial charge < -0.3 is 13.6 Å². The number of hydrogen-bond acceptors (Lipinski definition) is 1. The van der Waals surface area contributed by atoms with Gasteiger partial charge in [0.25, 0.3) is 0 Å². The van der Waals surface area contributed by atoms with E-state index in [0.717, 1.165) is 9.13 Å². The van der Waals surface area contributed by atoms with Gasteiger partial charge in [0.15, 0.2) is 0 Å². The van der Waals surface area contributed by atoms with E-state index < -0.39 is 245 Å². The third-order valence-corrected chi connectivity index (χ3v) is 7.49. The van der Waals surface area contributed by atoms with E-state index in [4.69, 9.17) is 29.1 Å². The topological polar surface area (TPSA) is 23.0 Å². The van der Waals surface area contributed by atoms with Crippen molar-refractivity contribution >= 4 is 65.6 Å². The third kappa shape index (κ3) is 3.41. The molecule has 0 unspecified atom stereocenters. The van der Waals surface area contributed by atoms with Crippen molar-refractivity contribution in [2.75, 3.05) is 0 Å². The maximum Gasteiger partial charge on any atom is 0.136 e. The van der Waals surface area contributed by atoms with Gasteiger partial charge in [-0.05, 0) is 59.9 Å². The molecule has 0 radical (unpaired) electrons. The van der Waals surface area contributed by atoms with E-state index in [9.17, 15) is 11.0 Å². The van der Waals surface area contributed by atoms with E-state index in [-0.39, 0.29) is 0 Å². The maximum absolute atomic E-state index is 9.94. The molecule has 0 fully saturated rings. The van der Waals surface area contributed by atoms with Crippen LogP contribution in [0.4, 0.5) is 0 Å². The molecular formula is C42H26N2O. The standard InChI is InChI=1S/C42H26N2O/c1-6-18-35-28(12-1)29-13-2-7-19-36(29)43(35)27-24-25-39-34(26-27)31-15-4-9-21-38(31)44(39)37-20-8-3-14-30(37)32-17-11-23-41-42(32)33-16-5-10-22-40(33)45-41/h1-26H/i1D,2D,3D,4D,5D,6D,7D,8D,9D,10D,11D,12D,13D,14D,15D,16D,17D,18D,19D,20D,21D,22D,23D,24D,25D,26D. The van der Waals surface area contributed by atoms with Crippen molar-refractivity contribution in [2.24, 2.45) is 0 Å². The van der Waals surface area contributed by atoms with Crippen LogP contribution in [0, 0.1) is 0 Å². The zero-order valence-electron chi connectivity index (χ0n) is 48.3. The highest BCUT2D eigenvalue weighted by molar-refractivity contribution is 6.15. The molecule has 10 rings (SSSR count). The van der Waals surface area contributed by atoms with Crippen LogP contribution in [0.25, 0.3) is 88.1 Å². The van der Waals surface area contributed by atoms with Gasteiger partial charge in [0, 0.05) is 43.6 Å². The number of aromatic nitrogens is 2. The van der Waals surface area contributed by atoms with Crippen molar-refractivity contribution in [3.05, 3.63) is 157 Å². The highest BCUT2D eigenvalue weighted by Crippen LogP contribution is 2.42. The van der Waals surface area contributed by atoms with E-state index in [1.165, 1.54) is 0 Å². The summed E-state index contributed by atoms with van der Waals surface area (Å²) in [4.78, 5) is 0.